The minimum atomic E-state index is -0.358. The van der Waals surface area contributed by atoms with Gasteiger partial charge in [0.05, 0.1) is 18.2 Å². The maximum Gasteiger partial charge on any atom is 0.259 e. The Morgan fingerprint density at radius 3 is 2.69 bits per heavy atom. The van der Waals surface area contributed by atoms with Crippen LogP contribution in [0.1, 0.15) is 5.56 Å². The van der Waals surface area contributed by atoms with E-state index in [-0.39, 0.29) is 30.4 Å². The second-order valence-corrected chi connectivity index (χ2v) is 7.73. The number of ether oxygens (including phenoxy) is 1. The van der Waals surface area contributed by atoms with Crippen molar-refractivity contribution in [2.24, 2.45) is 0 Å². The van der Waals surface area contributed by atoms with Gasteiger partial charge in [-0.1, -0.05) is 47.6 Å². The van der Waals surface area contributed by atoms with Crippen molar-refractivity contribution in [2.45, 2.75) is 13.1 Å². The molecular weight excluding hydrogens is 446 g/mol. The first kappa shape index (κ1) is 22.0. The van der Waals surface area contributed by atoms with Gasteiger partial charge in [-0.15, -0.1) is 0 Å². The summed E-state index contributed by atoms with van der Waals surface area (Å²) in [5, 5.41) is 7.57. The maximum atomic E-state index is 13.1. The Morgan fingerprint density at radius 2 is 1.86 bits per heavy atom. The molecule has 0 aliphatic heterocycles. The summed E-state index contributed by atoms with van der Waals surface area (Å²) in [6.45, 7) is 0.143. The Morgan fingerprint density at radius 1 is 1.06 bits per heavy atom. The van der Waals surface area contributed by atoms with Crippen LogP contribution in [0.3, 0.4) is 0 Å². The van der Waals surface area contributed by atoms with Crippen LogP contribution in [-0.4, -0.2) is 32.7 Å². The number of para-hydroxylation sites is 2. The molecule has 5 rings (SSSR count). The SMILES string of the molecule is COc1ccccc1CNC(=O)Cn1c(=O)cc(-c2nc(-c3ccccn3)no2)c2ccccc21. The standard InChI is InChI=1S/C26H21N5O4/c1-34-22-12-5-2-8-17(22)15-28-23(32)16-31-21-11-4-3-9-18(21)19(14-24(31)33)26-29-25(30-35-26)20-10-6-7-13-27-20/h2-14H,15-16H2,1H3,(H,28,32). The molecule has 0 spiro atoms. The fourth-order valence-electron chi connectivity index (χ4n) is 3.85. The first-order chi connectivity index (χ1) is 17.1. The first-order valence-corrected chi connectivity index (χ1v) is 10.9. The van der Waals surface area contributed by atoms with Gasteiger partial charge in [0, 0.05) is 29.8 Å². The highest BCUT2D eigenvalue weighted by Crippen LogP contribution is 2.27. The average Bonchev–Trinajstić information content (AvgIpc) is 3.40. The fraction of sp³-hybridized carbons (Fsp3) is 0.115. The second-order valence-electron chi connectivity index (χ2n) is 7.73. The van der Waals surface area contributed by atoms with Crippen molar-refractivity contribution >= 4 is 16.8 Å². The molecule has 0 unspecified atom stereocenters. The zero-order valence-electron chi connectivity index (χ0n) is 18.8. The zero-order valence-corrected chi connectivity index (χ0v) is 18.8. The van der Waals surface area contributed by atoms with Crippen molar-refractivity contribution in [2.75, 3.05) is 7.11 Å². The van der Waals surface area contributed by atoms with E-state index in [1.165, 1.54) is 10.6 Å². The van der Waals surface area contributed by atoms with Crippen LogP contribution in [0.5, 0.6) is 5.75 Å². The molecule has 5 aromatic rings. The summed E-state index contributed by atoms with van der Waals surface area (Å²) in [6, 6.07) is 21.5. The number of carbonyl (C=O) groups is 1. The van der Waals surface area contributed by atoms with E-state index in [0.29, 0.717) is 33.7 Å². The number of hydrogen-bond acceptors (Lipinski definition) is 7. The Kier molecular flexibility index (Phi) is 6.04. The third-order valence-electron chi connectivity index (χ3n) is 5.54. The van der Waals surface area contributed by atoms with Crippen molar-refractivity contribution in [3.05, 3.63) is 94.9 Å². The van der Waals surface area contributed by atoms with Gasteiger partial charge in [0.25, 0.3) is 11.4 Å². The third kappa shape index (κ3) is 4.51. The van der Waals surface area contributed by atoms with E-state index < -0.39 is 0 Å². The van der Waals surface area contributed by atoms with Crippen LogP contribution >= 0.6 is 0 Å². The van der Waals surface area contributed by atoms with E-state index in [0.717, 1.165) is 5.56 Å². The van der Waals surface area contributed by atoms with Crippen molar-refractivity contribution < 1.29 is 14.1 Å². The van der Waals surface area contributed by atoms with Gasteiger partial charge in [0.2, 0.25) is 11.7 Å². The number of pyridine rings is 2. The molecule has 2 aromatic carbocycles. The van der Waals surface area contributed by atoms with Crippen molar-refractivity contribution in [3.63, 3.8) is 0 Å². The summed E-state index contributed by atoms with van der Waals surface area (Å²) in [5.74, 6) is 0.909. The number of nitrogens with zero attached hydrogens (tertiary/aromatic N) is 4. The van der Waals surface area contributed by atoms with E-state index >= 15 is 0 Å². The summed E-state index contributed by atoms with van der Waals surface area (Å²) >= 11 is 0. The van der Waals surface area contributed by atoms with Crippen LogP contribution in [0.25, 0.3) is 33.9 Å². The number of nitrogens with one attached hydrogen (secondary N) is 1. The molecule has 35 heavy (non-hydrogen) atoms. The second kappa shape index (κ2) is 9.60. The number of hydrogen-bond donors (Lipinski definition) is 1. The van der Waals surface area contributed by atoms with Crippen LogP contribution in [0.2, 0.25) is 0 Å². The predicted octanol–water partition coefficient (Wildman–Crippen LogP) is 3.44. The lowest BCUT2D eigenvalue weighted by atomic mass is 10.1. The number of amides is 1. The van der Waals surface area contributed by atoms with Gasteiger partial charge in [0.1, 0.15) is 18.0 Å². The van der Waals surface area contributed by atoms with Gasteiger partial charge in [-0.25, -0.2) is 0 Å². The van der Waals surface area contributed by atoms with Crippen molar-refractivity contribution in [1.29, 1.82) is 0 Å². The topological polar surface area (TPSA) is 112 Å². The van der Waals surface area contributed by atoms with Crippen LogP contribution in [0.4, 0.5) is 0 Å². The molecule has 0 aliphatic carbocycles. The van der Waals surface area contributed by atoms with E-state index in [1.54, 1.807) is 31.5 Å². The largest absolute Gasteiger partial charge is 0.496 e. The summed E-state index contributed by atoms with van der Waals surface area (Å²) < 4.78 is 12.2. The smallest absolute Gasteiger partial charge is 0.259 e. The van der Waals surface area contributed by atoms with Crippen LogP contribution in [0.15, 0.2) is 88.3 Å². The molecule has 0 saturated heterocycles. The van der Waals surface area contributed by atoms with Crippen LogP contribution in [0, 0.1) is 0 Å². The number of aromatic nitrogens is 4. The Bertz CT molecular complexity index is 1560. The molecule has 0 fully saturated rings. The Hall–Kier alpha value is -4.79. The number of rotatable bonds is 7. The maximum absolute atomic E-state index is 13.1. The highest BCUT2D eigenvalue weighted by Gasteiger charge is 2.18. The molecule has 0 radical (unpaired) electrons. The van der Waals surface area contributed by atoms with E-state index in [1.807, 2.05) is 48.5 Å². The molecule has 1 amide bonds. The van der Waals surface area contributed by atoms with Crippen molar-refractivity contribution in [3.8, 4) is 28.7 Å². The summed E-state index contributed by atoms with van der Waals surface area (Å²) in [6.07, 6.45) is 1.64. The predicted molar refractivity (Wildman–Crippen MR) is 130 cm³/mol. The molecular formula is C26H21N5O4. The molecule has 9 nitrogen and oxygen atoms in total. The highest BCUT2D eigenvalue weighted by atomic mass is 16.5. The molecule has 174 valence electrons. The lowest BCUT2D eigenvalue weighted by molar-refractivity contribution is -0.121. The molecule has 3 heterocycles. The van der Waals surface area contributed by atoms with Gasteiger partial charge in [-0.2, -0.15) is 4.98 Å². The molecule has 0 bridgehead atoms. The molecule has 0 atom stereocenters. The minimum absolute atomic E-state index is 0.141. The number of carbonyl (C=O) groups excluding carboxylic acids is 1. The molecule has 0 saturated carbocycles. The lowest BCUT2D eigenvalue weighted by Gasteiger charge is -2.13. The van der Waals surface area contributed by atoms with Crippen molar-refractivity contribution in [1.82, 2.24) is 25.0 Å². The Balaban J connectivity index is 1.44. The highest BCUT2D eigenvalue weighted by molar-refractivity contribution is 5.93. The summed E-state index contributed by atoms with van der Waals surface area (Å²) in [5.41, 5.74) is 2.12. The van der Waals surface area contributed by atoms with Gasteiger partial charge < -0.3 is 14.6 Å². The fourth-order valence-corrected chi connectivity index (χ4v) is 3.85. The molecule has 0 aliphatic rings. The molecule has 1 N–H and O–H groups in total. The quantitative estimate of drug-likeness (QED) is 0.390. The molecule has 9 heteroatoms. The zero-order chi connectivity index (χ0) is 24.2. The number of benzene rings is 2. The monoisotopic (exact) mass is 467 g/mol. The van der Waals surface area contributed by atoms with Gasteiger partial charge >= 0.3 is 0 Å². The average molecular weight is 467 g/mol. The van der Waals surface area contributed by atoms with Crippen LogP contribution < -0.4 is 15.6 Å². The van der Waals surface area contributed by atoms with Gasteiger partial charge in [-0.05, 0) is 24.3 Å². The summed E-state index contributed by atoms with van der Waals surface area (Å²) in [7, 11) is 1.58. The normalized spacial score (nSPS) is 10.9. The lowest BCUT2D eigenvalue weighted by Crippen LogP contribution is -2.32. The number of methoxy groups -OCH3 is 1. The van der Waals surface area contributed by atoms with Gasteiger partial charge in [-0.3, -0.25) is 19.1 Å². The Labute approximate surface area is 200 Å². The van der Waals surface area contributed by atoms with Gasteiger partial charge in [0.15, 0.2) is 0 Å². The first-order valence-electron chi connectivity index (χ1n) is 10.9. The summed E-state index contributed by atoms with van der Waals surface area (Å²) in [4.78, 5) is 34.5. The van der Waals surface area contributed by atoms with E-state index in [9.17, 15) is 9.59 Å². The van der Waals surface area contributed by atoms with E-state index in [2.05, 4.69) is 20.4 Å². The van der Waals surface area contributed by atoms with E-state index in [4.69, 9.17) is 9.26 Å². The third-order valence-corrected chi connectivity index (χ3v) is 5.54. The molecule has 3 aromatic heterocycles. The van der Waals surface area contributed by atoms with Crippen LogP contribution in [-0.2, 0) is 17.9 Å². The number of fused-ring (bicyclic) bond motifs is 1. The minimum Gasteiger partial charge on any atom is -0.496 e.